The van der Waals surface area contributed by atoms with E-state index in [2.05, 4.69) is 10.2 Å². The van der Waals surface area contributed by atoms with E-state index in [0.29, 0.717) is 6.42 Å². The molecule has 1 rings (SSSR count). The number of H-pyrrole nitrogens is 1. The average molecular weight is 154 g/mol. The van der Waals surface area contributed by atoms with Gasteiger partial charge >= 0.3 is 0 Å². The molecule has 0 fully saturated rings. The molecule has 4 nitrogen and oxygen atoms in total. The van der Waals surface area contributed by atoms with E-state index in [9.17, 15) is 10.0 Å². The van der Waals surface area contributed by atoms with Crippen molar-refractivity contribution in [3.63, 3.8) is 0 Å². The maximum atomic E-state index is 10.1. The van der Waals surface area contributed by atoms with Gasteiger partial charge in [-0.1, -0.05) is 6.92 Å². The lowest BCUT2D eigenvalue weighted by Crippen LogP contribution is -1.78. The normalized spacial score (nSPS) is 10.0. The van der Waals surface area contributed by atoms with E-state index in [1.165, 1.54) is 0 Å². The van der Waals surface area contributed by atoms with E-state index < -0.39 is 0 Å². The molecule has 1 heterocycles. The molecular weight excluding hydrogens is 144 g/mol. The average Bonchev–Trinajstić information content (AvgIpc) is 2.26. The lowest BCUT2D eigenvalue weighted by Gasteiger charge is -1.92. The summed E-state index contributed by atoms with van der Waals surface area (Å²) in [7, 11) is 0. The molecule has 0 unspecified atom stereocenters. The standard InChI is InChI=1S/C7H10N2O2/c1-3-5-4(2)6(9-11)8-7(5)10/h8,10H,3H2,1-2H3. The first-order valence-corrected chi connectivity index (χ1v) is 3.44. The van der Waals surface area contributed by atoms with Gasteiger partial charge in [0.15, 0.2) is 11.7 Å². The molecule has 0 amide bonds. The zero-order valence-corrected chi connectivity index (χ0v) is 6.51. The van der Waals surface area contributed by atoms with Crippen molar-refractivity contribution in [1.29, 1.82) is 0 Å². The maximum absolute atomic E-state index is 10.1. The Morgan fingerprint density at radius 2 is 2.27 bits per heavy atom. The first-order chi connectivity index (χ1) is 5.20. The Labute approximate surface area is 64.2 Å². The van der Waals surface area contributed by atoms with E-state index in [0.717, 1.165) is 11.1 Å². The van der Waals surface area contributed by atoms with Crippen molar-refractivity contribution in [2.45, 2.75) is 20.3 Å². The van der Waals surface area contributed by atoms with Gasteiger partial charge in [-0.15, -0.1) is 4.91 Å². The molecule has 0 bridgehead atoms. The Morgan fingerprint density at radius 1 is 1.64 bits per heavy atom. The van der Waals surface area contributed by atoms with E-state index in [1.54, 1.807) is 6.92 Å². The highest BCUT2D eigenvalue weighted by Crippen LogP contribution is 2.29. The number of nitroso groups, excluding NO2 is 1. The molecule has 2 N–H and O–H groups in total. The highest BCUT2D eigenvalue weighted by atomic mass is 16.3. The van der Waals surface area contributed by atoms with E-state index in [4.69, 9.17) is 0 Å². The number of aromatic nitrogens is 1. The van der Waals surface area contributed by atoms with Gasteiger partial charge in [0.25, 0.3) is 0 Å². The molecule has 0 radical (unpaired) electrons. The molecule has 4 heteroatoms. The van der Waals surface area contributed by atoms with Crippen LogP contribution in [0.1, 0.15) is 18.1 Å². The zero-order valence-electron chi connectivity index (χ0n) is 6.51. The van der Waals surface area contributed by atoms with Crippen molar-refractivity contribution in [2.75, 3.05) is 0 Å². The van der Waals surface area contributed by atoms with Crippen LogP contribution in [0.3, 0.4) is 0 Å². The summed E-state index contributed by atoms with van der Waals surface area (Å²) in [5.41, 5.74) is 1.50. The van der Waals surface area contributed by atoms with Crippen molar-refractivity contribution >= 4 is 5.82 Å². The zero-order chi connectivity index (χ0) is 8.43. The Kier molecular flexibility index (Phi) is 1.94. The summed E-state index contributed by atoms with van der Waals surface area (Å²) in [5, 5.41) is 11.9. The van der Waals surface area contributed by atoms with Gasteiger partial charge in [0.1, 0.15) is 0 Å². The van der Waals surface area contributed by atoms with Gasteiger partial charge in [-0.25, -0.2) is 0 Å². The Bertz CT molecular complexity index is 278. The monoisotopic (exact) mass is 154 g/mol. The minimum absolute atomic E-state index is 0.0552. The van der Waals surface area contributed by atoms with Gasteiger partial charge in [0.2, 0.25) is 0 Å². The number of nitrogens with zero attached hydrogens (tertiary/aromatic N) is 1. The Balaban J connectivity index is 3.24. The summed E-state index contributed by atoms with van der Waals surface area (Å²) in [6.07, 6.45) is 0.698. The summed E-state index contributed by atoms with van der Waals surface area (Å²) in [6.45, 7) is 3.66. The van der Waals surface area contributed by atoms with Gasteiger partial charge < -0.3 is 10.1 Å². The molecular formula is C7H10N2O2. The van der Waals surface area contributed by atoms with Gasteiger partial charge in [-0.2, -0.15) is 0 Å². The lowest BCUT2D eigenvalue weighted by atomic mass is 10.1. The highest BCUT2D eigenvalue weighted by Gasteiger charge is 2.11. The fourth-order valence-corrected chi connectivity index (χ4v) is 1.13. The van der Waals surface area contributed by atoms with Crippen LogP contribution in [0, 0.1) is 11.8 Å². The Morgan fingerprint density at radius 3 is 2.55 bits per heavy atom. The highest BCUT2D eigenvalue weighted by molar-refractivity contribution is 5.50. The summed E-state index contributed by atoms with van der Waals surface area (Å²) in [4.78, 5) is 12.6. The van der Waals surface area contributed by atoms with Gasteiger partial charge in [0, 0.05) is 11.1 Å². The quantitative estimate of drug-likeness (QED) is 0.639. The number of aromatic amines is 1. The topological polar surface area (TPSA) is 65.4 Å². The third-order valence-corrected chi connectivity index (χ3v) is 1.78. The SMILES string of the molecule is CCc1c(O)[nH]c(N=O)c1C. The van der Waals surface area contributed by atoms with Crippen LogP contribution in [-0.4, -0.2) is 10.1 Å². The lowest BCUT2D eigenvalue weighted by molar-refractivity contribution is 0.451. The molecule has 0 aliphatic carbocycles. The number of nitrogens with one attached hydrogen (secondary N) is 1. The third kappa shape index (κ3) is 1.11. The van der Waals surface area contributed by atoms with Crippen LogP contribution >= 0.6 is 0 Å². The van der Waals surface area contributed by atoms with Gasteiger partial charge in [-0.05, 0) is 18.5 Å². The van der Waals surface area contributed by atoms with Crippen LogP contribution < -0.4 is 0 Å². The molecule has 0 saturated carbocycles. The van der Waals surface area contributed by atoms with Crippen molar-refractivity contribution in [3.8, 4) is 5.88 Å². The molecule has 11 heavy (non-hydrogen) atoms. The first-order valence-electron chi connectivity index (χ1n) is 3.44. The first kappa shape index (κ1) is 7.78. The van der Waals surface area contributed by atoms with Crippen LogP contribution in [-0.2, 0) is 6.42 Å². The number of hydrogen-bond acceptors (Lipinski definition) is 3. The molecule has 0 aliphatic heterocycles. The smallest absolute Gasteiger partial charge is 0.193 e. The van der Waals surface area contributed by atoms with Crippen LogP contribution in [0.2, 0.25) is 0 Å². The van der Waals surface area contributed by atoms with Crippen LogP contribution in [0.15, 0.2) is 5.18 Å². The number of hydrogen-bond donors (Lipinski definition) is 2. The third-order valence-electron chi connectivity index (χ3n) is 1.78. The van der Waals surface area contributed by atoms with Crippen molar-refractivity contribution in [3.05, 3.63) is 16.0 Å². The largest absolute Gasteiger partial charge is 0.494 e. The molecule has 1 aromatic rings. The molecule has 1 aromatic heterocycles. The maximum Gasteiger partial charge on any atom is 0.193 e. The predicted octanol–water partition coefficient (Wildman–Crippen LogP) is 1.99. The summed E-state index contributed by atoms with van der Waals surface area (Å²) < 4.78 is 0. The number of rotatable bonds is 2. The summed E-state index contributed by atoms with van der Waals surface area (Å²) in [6, 6.07) is 0. The van der Waals surface area contributed by atoms with E-state index >= 15 is 0 Å². The molecule has 0 spiro atoms. The van der Waals surface area contributed by atoms with Crippen molar-refractivity contribution < 1.29 is 5.11 Å². The molecule has 0 aliphatic rings. The summed E-state index contributed by atoms with van der Waals surface area (Å²) in [5.74, 6) is 0.277. The summed E-state index contributed by atoms with van der Waals surface area (Å²) >= 11 is 0. The minimum atomic E-state index is 0.0552. The Hall–Kier alpha value is -1.32. The molecule has 60 valence electrons. The fraction of sp³-hybridized carbons (Fsp3) is 0.429. The van der Waals surface area contributed by atoms with Crippen LogP contribution in [0.4, 0.5) is 5.82 Å². The van der Waals surface area contributed by atoms with Crippen molar-refractivity contribution in [1.82, 2.24) is 4.98 Å². The molecule has 0 atom stereocenters. The minimum Gasteiger partial charge on any atom is -0.494 e. The second kappa shape index (κ2) is 2.74. The van der Waals surface area contributed by atoms with Gasteiger partial charge in [0.05, 0.1) is 0 Å². The van der Waals surface area contributed by atoms with Crippen LogP contribution in [0.25, 0.3) is 0 Å². The van der Waals surface area contributed by atoms with Crippen molar-refractivity contribution in [2.24, 2.45) is 5.18 Å². The molecule has 0 saturated heterocycles. The second-order valence-corrected chi connectivity index (χ2v) is 2.37. The predicted molar refractivity (Wildman–Crippen MR) is 42.0 cm³/mol. The van der Waals surface area contributed by atoms with Crippen LogP contribution in [0.5, 0.6) is 5.88 Å². The van der Waals surface area contributed by atoms with E-state index in [1.807, 2.05) is 6.92 Å². The fourth-order valence-electron chi connectivity index (χ4n) is 1.13. The second-order valence-electron chi connectivity index (χ2n) is 2.37. The molecule has 0 aromatic carbocycles. The number of aromatic hydroxyl groups is 1. The van der Waals surface area contributed by atoms with E-state index in [-0.39, 0.29) is 11.7 Å². The van der Waals surface area contributed by atoms with Gasteiger partial charge in [-0.3, -0.25) is 0 Å².